The van der Waals surface area contributed by atoms with Gasteiger partial charge in [0.2, 0.25) is 11.9 Å². The number of carbonyl (C=O) groups is 1. The molecular weight excluding hydrogens is 408 g/mol. The second kappa shape index (κ2) is 6.49. The number of rotatable bonds is 3. The molecule has 4 unspecified atom stereocenters. The molecule has 2 aliphatic heterocycles. The lowest BCUT2D eigenvalue weighted by Crippen LogP contribution is -2.81. The van der Waals surface area contributed by atoms with Gasteiger partial charge in [0.15, 0.2) is 13.1 Å². The molecule has 2 saturated heterocycles. The van der Waals surface area contributed by atoms with Gasteiger partial charge in [-0.2, -0.15) is 4.39 Å². The van der Waals surface area contributed by atoms with Crippen LogP contribution in [0.25, 0.3) is 11.3 Å². The van der Waals surface area contributed by atoms with Crippen molar-refractivity contribution in [2.75, 3.05) is 4.90 Å². The molecule has 1 amide bonds. The minimum Gasteiger partial charge on any atom is -0.395 e. The number of hydrogen-bond acceptors (Lipinski definition) is 7. The van der Waals surface area contributed by atoms with Gasteiger partial charge in [-0.15, -0.1) is 10.2 Å². The smallest absolute Gasteiger partial charge is 0.228 e. The average molecular weight is 420 g/mol. The molecule has 0 saturated carbocycles. The van der Waals surface area contributed by atoms with Crippen LogP contribution in [-0.2, 0) is 10.0 Å². The fourth-order valence-corrected chi connectivity index (χ4v) is 4.36. The largest absolute Gasteiger partial charge is 0.395 e. The van der Waals surface area contributed by atoms with E-state index >= 15 is 0 Å². The van der Waals surface area contributed by atoms with E-state index in [0.29, 0.717) is 10.6 Å². The Labute approximate surface area is 186 Å². The summed E-state index contributed by atoms with van der Waals surface area (Å²) in [7, 11) is 19.8. The summed E-state index contributed by atoms with van der Waals surface area (Å²) < 4.78 is 13.3. The zero-order valence-corrected chi connectivity index (χ0v) is 16.4. The number of hydrogen-bond donors (Lipinski definition) is 2. The number of anilines is 1. The SMILES string of the molecule is [B]C1(c2ccc(F)nc2)[B]C2(O)C([B])(O)N(c3ccc(-c4ccncc4)nn3)C(=O)C12[B]. The van der Waals surface area contributed by atoms with Crippen LogP contribution in [-0.4, -0.2) is 78.2 Å². The molecule has 5 rings (SSSR count). The lowest BCUT2D eigenvalue weighted by Gasteiger charge is -2.65. The molecular formula is C19H11B4FN5O3. The first-order valence-electron chi connectivity index (χ1n) is 9.45. The highest BCUT2D eigenvalue weighted by Crippen LogP contribution is 2.69. The average Bonchev–Trinajstić information content (AvgIpc) is 2.88. The zero-order chi connectivity index (χ0) is 22.9. The maximum Gasteiger partial charge on any atom is 0.228 e. The number of fused-ring (bicyclic) bond motifs is 1. The third-order valence-electron chi connectivity index (χ3n) is 6.19. The van der Waals surface area contributed by atoms with E-state index in [-0.39, 0.29) is 11.4 Å². The molecule has 3 aromatic heterocycles. The van der Waals surface area contributed by atoms with Gasteiger partial charge in [0.1, 0.15) is 13.5 Å². The van der Waals surface area contributed by atoms with Crippen molar-refractivity contribution in [3.05, 3.63) is 66.5 Å². The summed E-state index contributed by atoms with van der Waals surface area (Å²) in [6.45, 7) is 0. The molecule has 0 aliphatic carbocycles. The Morgan fingerprint density at radius 1 is 1.00 bits per heavy atom. The molecule has 13 heteroatoms. The standard InChI is InChI=1S/C19H11B4FN5O3/c20-16-15(30)29(14-4-2-12(27-28-14)10-5-7-25-8-6-10)19(22,32)18(16,31)23-17(16,21)11-1-3-13(24)26-9-11/h1-9,31-32H. The van der Waals surface area contributed by atoms with Gasteiger partial charge in [0.05, 0.1) is 26.9 Å². The first-order chi connectivity index (χ1) is 15.1. The van der Waals surface area contributed by atoms with E-state index in [2.05, 4.69) is 20.2 Å². The van der Waals surface area contributed by atoms with Crippen molar-refractivity contribution in [3.63, 3.8) is 0 Å². The van der Waals surface area contributed by atoms with Crippen LogP contribution in [0.1, 0.15) is 5.56 Å². The monoisotopic (exact) mass is 420 g/mol. The van der Waals surface area contributed by atoms with E-state index in [0.717, 1.165) is 25.1 Å². The summed E-state index contributed by atoms with van der Waals surface area (Å²) in [6, 6.07) is 8.70. The van der Waals surface area contributed by atoms with E-state index in [1.165, 1.54) is 12.1 Å². The topological polar surface area (TPSA) is 112 Å². The van der Waals surface area contributed by atoms with Crippen LogP contribution in [0.2, 0.25) is 5.31 Å². The van der Waals surface area contributed by atoms with Crippen molar-refractivity contribution in [3.8, 4) is 11.3 Å². The van der Waals surface area contributed by atoms with Crippen LogP contribution in [0, 0.1) is 5.95 Å². The molecule has 2 N–H and O–H groups in total. The molecule has 4 atom stereocenters. The molecule has 7 radical (unpaired) electrons. The van der Waals surface area contributed by atoms with Crippen LogP contribution in [0.15, 0.2) is 55.0 Å². The van der Waals surface area contributed by atoms with E-state index < -0.39 is 33.5 Å². The lowest BCUT2D eigenvalue weighted by atomic mass is 9.07. The minimum atomic E-state index is -2.69. The van der Waals surface area contributed by atoms with Gasteiger partial charge >= 0.3 is 0 Å². The lowest BCUT2D eigenvalue weighted by molar-refractivity contribution is -0.124. The molecule has 8 nitrogen and oxygen atoms in total. The Morgan fingerprint density at radius 3 is 2.31 bits per heavy atom. The highest BCUT2D eigenvalue weighted by atomic mass is 19.1. The van der Waals surface area contributed by atoms with Crippen molar-refractivity contribution in [2.24, 2.45) is 0 Å². The van der Waals surface area contributed by atoms with Crippen molar-refractivity contribution in [1.82, 2.24) is 20.2 Å². The third kappa shape index (κ3) is 2.35. The molecule has 32 heavy (non-hydrogen) atoms. The molecule has 5 heterocycles. The zero-order valence-electron chi connectivity index (χ0n) is 16.4. The van der Waals surface area contributed by atoms with Gasteiger partial charge in [0, 0.05) is 29.5 Å². The number of halogens is 1. The predicted molar refractivity (Wildman–Crippen MR) is 114 cm³/mol. The normalized spacial score (nSPS) is 33.3. The van der Waals surface area contributed by atoms with Crippen LogP contribution >= 0.6 is 0 Å². The van der Waals surface area contributed by atoms with Gasteiger partial charge in [-0.1, -0.05) is 11.3 Å². The van der Waals surface area contributed by atoms with Gasteiger partial charge in [0.25, 0.3) is 0 Å². The maximum atomic E-state index is 13.5. The first kappa shape index (κ1) is 20.8. The van der Waals surface area contributed by atoms with Gasteiger partial charge in [-0.25, -0.2) is 4.98 Å². The van der Waals surface area contributed by atoms with E-state index in [9.17, 15) is 19.4 Å². The van der Waals surface area contributed by atoms with Crippen LogP contribution in [0.5, 0.6) is 0 Å². The Morgan fingerprint density at radius 2 is 1.72 bits per heavy atom. The summed E-state index contributed by atoms with van der Waals surface area (Å²) >= 11 is 0. The van der Waals surface area contributed by atoms with Gasteiger partial charge in [-0.05, 0) is 35.9 Å². The van der Waals surface area contributed by atoms with Crippen molar-refractivity contribution in [1.29, 1.82) is 0 Å². The van der Waals surface area contributed by atoms with Crippen molar-refractivity contribution in [2.45, 2.75) is 21.7 Å². The van der Waals surface area contributed by atoms with Gasteiger partial charge < -0.3 is 10.2 Å². The number of pyridine rings is 2. The number of nitrogens with zero attached hydrogens (tertiary/aromatic N) is 5. The number of aromatic nitrogens is 4. The second-order valence-corrected chi connectivity index (χ2v) is 7.84. The highest BCUT2D eigenvalue weighted by Gasteiger charge is 2.83. The summed E-state index contributed by atoms with van der Waals surface area (Å²) in [5, 5.41) is 26.1. The number of amides is 1. The highest BCUT2D eigenvalue weighted by molar-refractivity contribution is 6.73. The Hall–Kier alpha value is -3.04. The number of carbonyl (C=O) groups excluding carboxylic acids is 1. The molecule has 3 aromatic rings. The van der Waals surface area contributed by atoms with Crippen molar-refractivity contribution < 1.29 is 19.4 Å². The van der Waals surface area contributed by atoms with Crippen LogP contribution < -0.4 is 4.90 Å². The minimum absolute atomic E-state index is 0.149. The van der Waals surface area contributed by atoms with Crippen LogP contribution in [0.4, 0.5) is 10.2 Å². The molecule has 2 aliphatic rings. The molecule has 0 aromatic carbocycles. The fraction of sp³-hybridized carbons (Fsp3) is 0.211. The van der Waals surface area contributed by atoms with Gasteiger partial charge in [-0.3, -0.25) is 14.7 Å². The van der Waals surface area contributed by atoms with E-state index in [1.807, 2.05) is 0 Å². The van der Waals surface area contributed by atoms with E-state index in [1.54, 1.807) is 30.6 Å². The molecule has 0 spiro atoms. The summed E-state index contributed by atoms with van der Waals surface area (Å²) in [6.07, 6.45) is 4.26. The quantitative estimate of drug-likeness (QED) is 0.413. The molecule has 2 fully saturated rings. The Bertz CT molecular complexity index is 1220. The summed E-state index contributed by atoms with van der Waals surface area (Å²) in [4.78, 5) is 21.6. The molecule has 149 valence electrons. The second-order valence-electron chi connectivity index (χ2n) is 7.84. The predicted octanol–water partition coefficient (Wildman–Crippen LogP) is -1.01. The van der Waals surface area contributed by atoms with Crippen LogP contribution in [0.3, 0.4) is 0 Å². The number of aliphatic hydroxyl groups is 2. The Kier molecular flexibility index (Phi) is 4.23. The fourth-order valence-electron chi connectivity index (χ4n) is 4.36. The summed E-state index contributed by atoms with van der Waals surface area (Å²) in [5.41, 5.74) is -3.80. The molecule has 0 bridgehead atoms. The van der Waals surface area contributed by atoms with E-state index in [4.69, 9.17) is 23.5 Å². The summed E-state index contributed by atoms with van der Waals surface area (Å²) in [5.74, 6) is -1.92. The maximum absolute atomic E-state index is 13.5. The Balaban J connectivity index is 1.56. The third-order valence-corrected chi connectivity index (χ3v) is 6.19. The first-order valence-corrected chi connectivity index (χ1v) is 9.45. The van der Waals surface area contributed by atoms with Crippen molar-refractivity contribution >= 4 is 42.5 Å².